The van der Waals surface area contributed by atoms with Gasteiger partial charge in [0.25, 0.3) is 0 Å². The topological polar surface area (TPSA) is 34.4 Å². The summed E-state index contributed by atoms with van der Waals surface area (Å²) in [7, 11) is 1.69. The van der Waals surface area contributed by atoms with Crippen LogP contribution in [0, 0.1) is 0 Å². The Kier molecular flexibility index (Phi) is 4.44. The first-order chi connectivity index (χ1) is 8.76. The smallest absolute Gasteiger partial charge is 0.124 e. The standard InChI is InChI=1S/C14H16BrNO2/c1-3-16-14(10-6-7-18-9-10)12-8-11(15)4-5-13(12)17-2/h4-9,14,16H,3H2,1-2H3. The van der Waals surface area contributed by atoms with Crippen molar-refractivity contribution in [2.24, 2.45) is 0 Å². The highest BCUT2D eigenvalue weighted by Gasteiger charge is 2.18. The molecule has 0 fully saturated rings. The van der Waals surface area contributed by atoms with Crippen LogP contribution in [-0.2, 0) is 0 Å². The van der Waals surface area contributed by atoms with E-state index in [-0.39, 0.29) is 6.04 Å². The van der Waals surface area contributed by atoms with Gasteiger partial charge in [-0.3, -0.25) is 0 Å². The molecule has 2 rings (SSSR count). The minimum Gasteiger partial charge on any atom is -0.496 e. The van der Waals surface area contributed by atoms with E-state index in [0.717, 1.165) is 27.9 Å². The van der Waals surface area contributed by atoms with Crippen LogP contribution in [0.15, 0.2) is 45.7 Å². The minimum atomic E-state index is 0.0706. The number of nitrogens with one attached hydrogen (secondary N) is 1. The molecule has 3 nitrogen and oxygen atoms in total. The Morgan fingerprint density at radius 1 is 1.39 bits per heavy atom. The maximum Gasteiger partial charge on any atom is 0.124 e. The zero-order chi connectivity index (χ0) is 13.0. The molecular formula is C14H16BrNO2. The third-order valence-corrected chi connectivity index (χ3v) is 3.28. The van der Waals surface area contributed by atoms with Gasteiger partial charge in [0, 0.05) is 15.6 Å². The normalized spacial score (nSPS) is 12.4. The fourth-order valence-corrected chi connectivity index (χ4v) is 2.36. The summed E-state index contributed by atoms with van der Waals surface area (Å²) in [6, 6.07) is 8.04. The highest BCUT2D eigenvalue weighted by atomic mass is 79.9. The molecule has 4 heteroatoms. The van der Waals surface area contributed by atoms with Crippen LogP contribution in [0.3, 0.4) is 0 Å². The van der Waals surface area contributed by atoms with Gasteiger partial charge in [-0.15, -0.1) is 0 Å². The average Bonchev–Trinajstić information content (AvgIpc) is 2.89. The van der Waals surface area contributed by atoms with E-state index in [4.69, 9.17) is 9.15 Å². The molecule has 0 saturated heterocycles. The van der Waals surface area contributed by atoms with E-state index in [1.54, 1.807) is 19.6 Å². The Bertz CT molecular complexity index is 497. The molecule has 96 valence electrons. The third kappa shape index (κ3) is 2.76. The van der Waals surface area contributed by atoms with Gasteiger partial charge in [0.2, 0.25) is 0 Å². The summed E-state index contributed by atoms with van der Waals surface area (Å²) in [5.74, 6) is 0.866. The number of rotatable bonds is 5. The lowest BCUT2D eigenvalue weighted by atomic mass is 10.00. The molecule has 0 saturated carbocycles. The van der Waals surface area contributed by atoms with Gasteiger partial charge in [-0.25, -0.2) is 0 Å². The van der Waals surface area contributed by atoms with Crippen molar-refractivity contribution in [2.75, 3.05) is 13.7 Å². The van der Waals surface area contributed by atoms with Crippen LogP contribution in [0.4, 0.5) is 0 Å². The zero-order valence-corrected chi connectivity index (χ0v) is 12.0. The molecule has 1 heterocycles. The number of furan rings is 1. The molecule has 2 aromatic rings. The lowest BCUT2D eigenvalue weighted by molar-refractivity contribution is 0.404. The van der Waals surface area contributed by atoms with Crippen molar-refractivity contribution in [2.45, 2.75) is 13.0 Å². The summed E-state index contributed by atoms with van der Waals surface area (Å²) in [6.45, 7) is 2.95. The quantitative estimate of drug-likeness (QED) is 0.913. The van der Waals surface area contributed by atoms with E-state index in [2.05, 4.69) is 34.2 Å². The Morgan fingerprint density at radius 2 is 2.22 bits per heavy atom. The molecule has 0 radical (unpaired) electrons. The molecule has 0 aliphatic heterocycles. The Morgan fingerprint density at radius 3 is 2.83 bits per heavy atom. The van der Waals surface area contributed by atoms with E-state index < -0.39 is 0 Å². The monoisotopic (exact) mass is 309 g/mol. The van der Waals surface area contributed by atoms with Crippen molar-refractivity contribution in [1.82, 2.24) is 5.32 Å². The molecule has 1 unspecified atom stereocenters. The predicted molar refractivity (Wildman–Crippen MR) is 74.9 cm³/mol. The van der Waals surface area contributed by atoms with Crippen LogP contribution in [0.25, 0.3) is 0 Å². The molecular weight excluding hydrogens is 294 g/mol. The molecule has 0 spiro atoms. The Hall–Kier alpha value is -1.26. The highest BCUT2D eigenvalue weighted by molar-refractivity contribution is 9.10. The van der Waals surface area contributed by atoms with Gasteiger partial charge in [0.05, 0.1) is 25.7 Å². The minimum absolute atomic E-state index is 0.0706. The van der Waals surface area contributed by atoms with Crippen molar-refractivity contribution in [1.29, 1.82) is 0 Å². The lowest BCUT2D eigenvalue weighted by Crippen LogP contribution is -2.22. The Balaban J connectivity index is 2.45. The predicted octanol–water partition coefficient (Wildman–Crippen LogP) is 3.75. The summed E-state index contributed by atoms with van der Waals surface area (Å²) in [4.78, 5) is 0. The van der Waals surface area contributed by atoms with Gasteiger partial charge in [-0.1, -0.05) is 22.9 Å². The zero-order valence-electron chi connectivity index (χ0n) is 10.4. The molecule has 0 aliphatic carbocycles. The molecule has 1 aromatic carbocycles. The molecule has 1 N–H and O–H groups in total. The van der Waals surface area contributed by atoms with Crippen LogP contribution in [0.1, 0.15) is 24.1 Å². The number of methoxy groups -OCH3 is 1. The van der Waals surface area contributed by atoms with Crippen LogP contribution >= 0.6 is 15.9 Å². The average molecular weight is 310 g/mol. The molecule has 0 amide bonds. The first kappa shape index (κ1) is 13.2. The molecule has 1 atom stereocenters. The second-order valence-electron chi connectivity index (χ2n) is 3.93. The van der Waals surface area contributed by atoms with Gasteiger partial charge in [-0.2, -0.15) is 0 Å². The molecule has 0 bridgehead atoms. The number of benzene rings is 1. The molecule has 1 aromatic heterocycles. The van der Waals surface area contributed by atoms with Gasteiger partial charge in [0.15, 0.2) is 0 Å². The second kappa shape index (κ2) is 6.07. The van der Waals surface area contributed by atoms with Crippen molar-refractivity contribution in [3.8, 4) is 5.75 Å². The SMILES string of the molecule is CCNC(c1ccoc1)c1cc(Br)ccc1OC. The van der Waals surface area contributed by atoms with E-state index in [0.29, 0.717) is 0 Å². The van der Waals surface area contributed by atoms with E-state index in [1.165, 1.54) is 0 Å². The van der Waals surface area contributed by atoms with Gasteiger partial charge >= 0.3 is 0 Å². The Labute approximate surface area is 115 Å². The van der Waals surface area contributed by atoms with Crippen LogP contribution < -0.4 is 10.1 Å². The first-order valence-electron chi connectivity index (χ1n) is 5.85. The number of ether oxygens (including phenoxy) is 1. The van der Waals surface area contributed by atoms with E-state index >= 15 is 0 Å². The highest BCUT2D eigenvalue weighted by Crippen LogP contribution is 2.32. The summed E-state index contributed by atoms with van der Waals surface area (Å²) in [5, 5.41) is 3.44. The second-order valence-corrected chi connectivity index (χ2v) is 4.85. The van der Waals surface area contributed by atoms with Crippen LogP contribution in [-0.4, -0.2) is 13.7 Å². The largest absolute Gasteiger partial charge is 0.496 e. The van der Waals surface area contributed by atoms with Crippen molar-refractivity contribution < 1.29 is 9.15 Å². The molecule has 0 aliphatic rings. The van der Waals surface area contributed by atoms with Gasteiger partial charge in [0.1, 0.15) is 5.75 Å². The third-order valence-electron chi connectivity index (χ3n) is 2.79. The maximum absolute atomic E-state index is 5.43. The maximum atomic E-state index is 5.43. The first-order valence-corrected chi connectivity index (χ1v) is 6.64. The summed E-state index contributed by atoms with van der Waals surface area (Å²) in [6.07, 6.45) is 3.44. The van der Waals surface area contributed by atoms with Gasteiger partial charge in [-0.05, 0) is 30.8 Å². The summed E-state index contributed by atoms with van der Waals surface area (Å²) < 4.78 is 11.6. The fourth-order valence-electron chi connectivity index (χ4n) is 1.98. The van der Waals surface area contributed by atoms with Gasteiger partial charge < -0.3 is 14.5 Å². The van der Waals surface area contributed by atoms with Crippen molar-refractivity contribution in [3.63, 3.8) is 0 Å². The number of halogens is 1. The number of hydrogen-bond acceptors (Lipinski definition) is 3. The fraction of sp³-hybridized carbons (Fsp3) is 0.286. The lowest BCUT2D eigenvalue weighted by Gasteiger charge is -2.19. The summed E-state index contributed by atoms with van der Waals surface area (Å²) in [5.41, 5.74) is 2.18. The van der Waals surface area contributed by atoms with E-state index in [9.17, 15) is 0 Å². The molecule has 18 heavy (non-hydrogen) atoms. The number of hydrogen-bond donors (Lipinski definition) is 1. The summed E-state index contributed by atoms with van der Waals surface area (Å²) >= 11 is 3.50. The van der Waals surface area contributed by atoms with Crippen molar-refractivity contribution in [3.05, 3.63) is 52.4 Å². The van der Waals surface area contributed by atoms with Crippen molar-refractivity contribution >= 4 is 15.9 Å². The van der Waals surface area contributed by atoms with E-state index in [1.807, 2.05) is 18.2 Å². The van der Waals surface area contributed by atoms with Crippen LogP contribution in [0.5, 0.6) is 5.75 Å². The van der Waals surface area contributed by atoms with Crippen LogP contribution in [0.2, 0.25) is 0 Å².